The third kappa shape index (κ3) is 4.93. The molecule has 192 valence electrons. The Morgan fingerprint density at radius 3 is 2.53 bits per heavy atom. The van der Waals surface area contributed by atoms with Crippen LogP contribution in [0.2, 0.25) is 0 Å². The average molecular weight is 513 g/mol. The molecule has 0 aliphatic heterocycles. The third-order valence-electron chi connectivity index (χ3n) is 6.38. The molecule has 0 atom stereocenters. The van der Waals surface area contributed by atoms with E-state index in [1.807, 2.05) is 48.5 Å². The van der Waals surface area contributed by atoms with Crippen LogP contribution in [-0.2, 0) is 16.0 Å². The van der Waals surface area contributed by atoms with E-state index in [9.17, 15) is 14.0 Å². The van der Waals surface area contributed by atoms with Crippen LogP contribution in [0.4, 0.5) is 10.1 Å². The van der Waals surface area contributed by atoms with Crippen LogP contribution in [0.25, 0.3) is 22.6 Å². The van der Waals surface area contributed by atoms with Crippen molar-refractivity contribution in [3.63, 3.8) is 0 Å². The van der Waals surface area contributed by atoms with Gasteiger partial charge in [-0.2, -0.15) is 0 Å². The summed E-state index contributed by atoms with van der Waals surface area (Å²) >= 11 is 0. The van der Waals surface area contributed by atoms with Crippen molar-refractivity contribution in [3.8, 4) is 11.5 Å². The van der Waals surface area contributed by atoms with E-state index < -0.39 is 24.3 Å². The molecule has 0 saturated carbocycles. The summed E-state index contributed by atoms with van der Waals surface area (Å²) in [5.74, 6) is -0.582. The maximum Gasteiger partial charge on any atom is 0.339 e. The molecule has 0 unspecified atom stereocenters. The molecule has 7 nitrogen and oxygen atoms in total. The molecule has 1 aliphatic carbocycles. The van der Waals surface area contributed by atoms with Crippen molar-refractivity contribution in [2.24, 2.45) is 0 Å². The molecule has 0 radical (unpaired) electrons. The molecule has 1 aliphatic rings. The monoisotopic (exact) mass is 512 g/mol. The number of hydrogen-bond acceptors (Lipinski definition) is 6. The van der Waals surface area contributed by atoms with Gasteiger partial charge in [0, 0.05) is 5.39 Å². The first kappa shape index (κ1) is 25.0. The van der Waals surface area contributed by atoms with E-state index >= 15 is 0 Å². The molecule has 4 aromatic rings. The zero-order chi connectivity index (χ0) is 26.6. The Labute approximate surface area is 218 Å². The molecule has 38 heavy (non-hydrogen) atoms. The number of nitrogens with one attached hydrogen (secondary N) is 1. The van der Waals surface area contributed by atoms with Gasteiger partial charge >= 0.3 is 5.97 Å². The summed E-state index contributed by atoms with van der Waals surface area (Å²) in [7, 11) is 3.17. The van der Waals surface area contributed by atoms with Gasteiger partial charge < -0.3 is 19.5 Å². The molecular formula is C30H25FN2O5. The highest BCUT2D eigenvalue weighted by Gasteiger charge is 2.28. The number of para-hydroxylation sites is 2. The smallest absolute Gasteiger partial charge is 0.339 e. The molecule has 8 heteroatoms. The van der Waals surface area contributed by atoms with Gasteiger partial charge in [0.15, 0.2) is 18.1 Å². The normalized spacial score (nSPS) is 13.3. The predicted molar refractivity (Wildman–Crippen MR) is 143 cm³/mol. The fraction of sp³-hybridized carbons (Fsp3) is 0.167. The second-order valence-corrected chi connectivity index (χ2v) is 8.72. The number of esters is 1. The Bertz CT molecular complexity index is 1580. The Morgan fingerprint density at radius 2 is 1.74 bits per heavy atom. The third-order valence-corrected chi connectivity index (χ3v) is 6.38. The lowest BCUT2D eigenvalue weighted by atomic mass is 10.0. The van der Waals surface area contributed by atoms with Crippen LogP contribution in [0.15, 0.2) is 66.7 Å². The SMILES string of the molecule is COc1ccc(/C=C2/CCc3c2nc2ccccc2c3C(=O)OCC(=O)Nc2ccccc2F)cc1OC. The van der Waals surface area contributed by atoms with Crippen molar-refractivity contribution in [2.75, 3.05) is 26.1 Å². The molecule has 0 spiro atoms. The number of pyridine rings is 1. The van der Waals surface area contributed by atoms with Crippen LogP contribution in [0.3, 0.4) is 0 Å². The summed E-state index contributed by atoms with van der Waals surface area (Å²) in [6, 6.07) is 18.8. The van der Waals surface area contributed by atoms with Crippen molar-refractivity contribution in [3.05, 3.63) is 94.9 Å². The van der Waals surface area contributed by atoms with Crippen LogP contribution in [0.5, 0.6) is 11.5 Å². The molecule has 1 amide bonds. The first-order chi connectivity index (χ1) is 18.5. The summed E-state index contributed by atoms with van der Waals surface area (Å²) < 4.78 is 30.0. The Kier molecular flexibility index (Phi) is 7.04. The van der Waals surface area contributed by atoms with Crippen molar-refractivity contribution in [2.45, 2.75) is 12.8 Å². The Balaban J connectivity index is 1.45. The predicted octanol–water partition coefficient (Wildman–Crippen LogP) is 5.67. The fourth-order valence-corrected chi connectivity index (χ4v) is 4.61. The summed E-state index contributed by atoms with van der Waals surface area (Å²) in [5.41, 5.74) is 4.44. The van der Waals surface area contributed by atoms with Gasteiger partial charge in [0.25, 0.3) is 5.91 Å². The van der Waals surface area contributed by atoms with Crippen LogP contribution >= 0.6 is 0 Å². The number of fused-ring (bicyclic) bond motifs is 2. The average Bonchev–Trinajstić information content (AvgIpc) is 3.33. The lowest BCUT2D eigenvalue weighted by Crippen LogP contribution is -2.22. The van der Waals surface area contributed by atoms with E-state index in [1.165, 1.54) is 18.2 Å². The number of amides is 1. The van der Waals surface area contributed by atoms with Crippen LogP contribution < -0.4 is 14.8 Å². The molecule has 0 fully saturated rings. The van der Waals surface area contributed by atoms with Crippen molar-refractivity contribution < 1.29 is 28.2 Å². The maximum absolute atomic E-state index is 13.9. The van der Waals surface area contributed by atoms with E-state index in [-0.39, 0.29) is 5.69 Å². The molecule has 0 saturated heterocycles. The minimum atomic E-state index is -0.632. The lowest BCUT2D eigenvalue weighted by molar-refractivity contribution is -0.119. The van der Waals surface area contributed by atoms with Gasteiger partial charge in [-0.1, -0.05) is 36.4 Å². The van der Waals surface area contributed by atoms with Crippen LogP contribution in [-0.4, -0.2) is 37.7 Å². The van der Waals surface area contributed by atoms with Crippen LogP contribution in [0, 0.1) is 5.82 Å². The van der Waals surface area contributed by atoms with Gasteiger partial charge in [0.05, 0.1) is 36.7 Å². The Morgan fingerprint density at radius 1 is 0.974 bits per heavy atom. The van der Waals surface area contributed by atoms with Crippen LogP contribution in [0.1, 0.15) is 33.6 Å². The number of ether oxygens (including phenoxy) is 3. The molecular weight excluding hydrogens is 487 g/mol. The zero-order valence-electron chi connectivity index (χ0n) is 20.9. The quantitative estimate of drug-likeness (QED) is 0.321. The topological polar surface area (TPSA) is 86.8 Å². The highest BCUT2D eigenvalue weighted by molar-refractivity contribution is 6.08. The largest absolute Gasteiger partial charge is 0.493 e. The second-order valence-electron chi connectivity index (χ2n) is 8.72. The lowest BCUT2D eigenvalue weighted by Gasteiger charge is -2.13. The number of nitrogens with zero attached hydrogens (tertiary/aromatic N) is 1. The molecule has 1 aromatic heterocycles. The van der Waals surface area contributed by atoms with Gasteiger partial charge in [-0.15, -0.1) is 0 Å². The molecule has 0 bridgehead atoms. The Hall–Kier alpha value is -4.72. The van der Waals surface area contributed by atoms with E-state index in [0.29, 0.717) is 40.8 Å². The first-order valence-corrected chi connectivity index (χ1v) is 12.0. The number of carbonyl (C=O) groups is 2. The number of aromatic nitrogens is 1. The maximum atomic E-state index is 13.9. The number of rotatable bonds is 7. The number of halogens is 1. The van der Waals surface area contributed by atoms with E-state index in [0.717, 1.165) is 22.4 Å². The number of carbonyl (C=O) groups excluding carboxylic acids is 2. The second kappa shape index (κ2) is 10.7. The van der Waals surface area contributed by atoms with E-state index in [2.05, 4.69) is 5.32 Å². The number of allylic oxidation sites excluding steroid dienone is 1. The standard InChI is InChI=1S/C30H25FN2O5/c1-36-25-14-11-18(16-26(25)37-2)15-19-12-13-21-28(20-7-3-5-9-23(20)33-29(19)21)30(35)38-17-27(34)32-24-10-6-4-8-22(24)31/h3-11,14-16H,12-13,17H2,1-2H3,(H,32,34)/b19-15-. The fourth-order valence-electron chi connectivity index (χ4n) is 4.61. The first-order valence-electron chi connectivity index (χ1n) is 12.0. The van der Waals surface area contributed by atoms with E-state index in [4.69, 9.17) is 19.2 Å². The van der Waals surface area contributed by atoms with Crippen molar-refractivity contribution in [1.29, 1.82) is 0 Å². The number of benzene rings is 3. The van der Waals surface area contributed by atoms with Crippen molar-refractivity contribution in [1.82, 2.24) is 4.98 Å². The molecule has 5 rings (SSSR count). The van der Waals surface area contributed by atoms with Gasteiger partial charge in [0.1, 0.15) is 5.82 Å². The molecule has 1 heterocycles. The minimum absolute atomic E-state index is 0.0220. The molecule has 3 aromatic carbocycles. The number of methoxy groups -OCH3 is 2. The molecule has 1 N–H and O–H groups in total. The van der Waals surface area contributed by atoms with E-state index in [1.54, 1.807) is 20.3 Å². The minimum Gasteiger partial charge on any atom is -0.493 e. The van der Waals surface area contributed by atoms with Gasteiger partial charge in [0.2, 0.25) is 0 Å². The zero-order valence-corrected chi connectivity index (χ0v) is 20.9. The van der Waals surface area contributed by atoms with Gasteiger partial charge in [-0.25, -0.2) is 14.2 Å². The summed E-state index contributed by atoms with van der Waals surface area (Å²) in [6.45, 7) is -0.549. The highest BCUT2D eigenvalue weighted by atomic mass is 19.1. The summed E-state index contributed by atoms with van der Waals surface area (Å²) in [5, 5.41) is 3.08. The highest BCUT2D eigenvalue weighted by Crippen LogP contribution is 2.38. The number of anilines is 1. The van der Waals surface area contributed by atoms with Gasteiger partial charge in [-0.3, -0.25) is 4.79 Å². The number of hydrogen-bond donors (Lipinski definition) is 1. The van der Waals surface area contributed by atoms with Gasteiger partial charge in [-0.05, 0) is 65.9 Å². The summed E-state index contributed by atoms with van der Waals surface area (Å²) in [6.07, 6.45) is 3.30. The summed E-state index contributed by atoms with van der Waals surface area (Å²) in [4.78, 5) is 30.5. The van der Waals surface area contributed by atoms with Crippen molar-refractivity contribution >= 4 is 40.1 Å².